The largest absolute Gasteiger partial charge is 0.477 e. The first-order valence-electron chi connectivity index (χ1n) is 10.7. The van der Waals surface area contributed by atoms with E-state index in [4.69, 9.17) is 27.9 Å². The second kappa shape index (κ2) is 9.95. The van der Waals surface area contributed by atoms with Crippen LogP contribution >= 0.6 is 23.2 Å². The number of anilines is 1. The van der Waals surface area contributed by atoms with Crippen molar-refractivity contribution in [2.45, 2.75) is 32.4 Å². The minimum Gasteiger partial charge on any atom is -0.477 e. The monoisotopic (exact) mass is 468 g/mol. The Balaban J connectivity index is 1.50. The number of carbonyl (C=O) groups excluding carboxylic acids is 1. The number of β-lactam (4-membered cyclic amide) rings is 1. The van der Waals surface area contributed by atoms with Crippen molar-refractivity contribution in [3.05, 3.63) is 93.5 Å². The number of hydrogen-bond donors (Lipinski definition) is 1. The summed E-state index contributed by atoms with van der Waals surface area (Å²) in [7, 11) is 0. The fourth-order valence-electron chi connectivity index (χ4n) is 3.97. The van der Waals surface area contributed by atoms with E-state index in [1.54, 1.807) is 18.2 Å². The van der Waals surface area contributed by atoms with Crippen molar-refractivity contribution in [3.63, 3.8) is 0 Å². The van der Waals surface area contributed by atoms with Crippen LogP contribution in [0.25, 0.3) is 0 Å². The van der Waals surface area contributed by atoms with Gasteiger partial charge in [0.2, 0.25) is 0 Å². The summed E-state index contributed by atoms with van der Waals surface area (Å²) >= 11 is 12.3. The summed E-state index contributed by atoms with van der Waals surface area (Å²) in [5.74, 6) is 0.392. The van der Waals surface area contributed by atoms with E-state index < -0.39 is 6.10 Å². The van der Waals surface area contributed by atoms with E-state index in [1.165, 1.54) is 5.56 Å². The van der Waals surface area contributed by atoms with Gasteiger partial charge in [-0.25, -0.2) is 0 Å². The van der Waals surface area contributed by atoms with Gasteiger partial charge in [-0.2, -0.15) is 0 Å². The Labute approximate surface area is 199 Å². The maximum atomic E-state index is 13.2. The first-order valence-corrected chi connectivity index (χ1v) is 11.5. The van der Waals surface area contributed by atoms with Gasteiger partial charge in [-0.05, 0) is 67.8 Å². The molecule has 0 spiro atoms. The molecular weight excluding hydrogens is 443 g/mol. The van der Waals surface area contributed by atoms with Crippen LogP contribution in [-0.4, -0.2) is 31.1 Å². The van der Waals surface area contributed by atoms with Crippen LogP contribution in [-0.2, 0) is 11.2 Å². The molecule has 1 N–H and O–H groups in total. The second-order valence-electron chi connectivity index (χ2n) is 8.05. The van der Waals surface area contributed by atoms with Gasteiger partial charge in [-0.1, -0.05) is 65.7 Å². The van der Waals surface area contributed by atoms with Gasteiger partial charge in [0, 0.05) is 17.3 Å². The van der Waals surface area contributed by atoms with E-state index in [0.717, 1.165) is 29.8 Å². The van der Waals surface area contributed by atoms with Gasteiger partial charge in [-0.3, -0.25) is 4.79 Å². The van der Waals surface area contributed by atoms with Gasteiger partial charge in [-0.15, -0.1) is 0 Å². The van der Waals surface area contributed by atoms with Gasteiger partial charge in [0.1, 0.15) is 5.75 Å². The highest BCUT2D eigenvalue weighted by atomic mass is 35.5. The number of hydrogen-bond acceptors (Lipinski definition) is 3. The Morgan fingerprint density at radius 3 is 2.53 bits per heavy atom. The summed E-state index contributed by atoms with van der Waals surface area (Å²) in [4.78, 5) is 15.0. The fourth-order valence-corrected chi connectivity index (χ4v) is 4.43. The molecule has 1 aliphatic heterocycles. The predicted molar refractivity (Wildman–Crippen MR) is 131 cm³/mol. The molecule has 1 saturated heterocycles. The molecule has 3 aromatic carbocycles. The molecule has 0 radical (unpaired) electrons. The van der Waals surface area contributed by atoms with E-state index in [-0.39, 0.29) is 11.9 Å². The van der Waals surface area contributed by atoms with Crippen LogP contribution in [0.15, 0.2) is 66.7 Å². The lowest BCUT2D eigenvalue weighted by Gasteiger charge is -2.47. The zero-order valence-electron chi connectivity index (χ0n) is 18.1. The number of nitrogens with zero attached hydrogens (tertiary/aromatic N) is 1. The van der Waals surface area contributed by atoms with Crippen molar-refractivity contribution in [2.75, 3.05) is 18.0 Å². The van der Waals surface area contributed by atoms with Crippen LogP contribution in [0.1, 0.15) is 16.7 Å². The highest BCUT2D eigenvalue weighted by Crippen LogP contribution is 2.36. The minimum atomic E-state index is -0.613. The summed E-state index contributed by atoms with van der Waals surface area (Å²) in [5, 5.41) is 4.42. The van der Waals surface area contributed by atoms with Gasteiger partial charge in [0.25, 0.3) is 5.91 Å². The molecule has 32 heavy (non-hydrogen) atoms. The zero-order valence-corrected chi connectivity index (χ0v) is 19.7. The summed E-state index contributed by atoms with van der Waals surface area (Å²) in [6.45, 7) is 5.52. The Morgan fingerprint density at radius 1 is 1.00 bits per heavy atom. The lowest BCUT2D eigenvalue weighted by molar-refractivity contribution is -0.134. The van der Waals surface area contributed by atoms with Gasteiger partial charge in [0.05, 0.1) is 11.1 Å². The number of carbonyl (C=O) groups is 1. The van der Waals surface area contributed by atoms with Crippen molar-refractivity contribution in [2.24, 2.45) is 0 Å². The number of amides is 1. The maximum Gasteiger partial charge on any atom is 0.270 e. The van der Waals surface area contributed by atoms with Crippen LogP contribution < -0.4 is 15.0 Å². The molecule has 0 saturated carbocycles. The standard InChI is InChI=1S/C26H26Cl2N2O2/c1-17-7-6-10-22(18(17)2)30-23(16-29-14-13-19-8-4-3-5-9-19)25(26(30)31)32-24-12-11-20(27)15-21(24)28/h3-12,15,23,25,29H,13-14,16H2,1-2H3/t23-,25+/m1/s1. The molecule has 3 aromatic rings. The lowest BCUT2D eigenvalue weighted by atomic mass is 9.94. The van der Waals surface area contributed by atoms with Crippen molar-refractivity contribution in [1.82, 2.24) is 5.32 Å². The molecule has 1 amide bonds. The summed E-state index contributed by atoms with van der Waals surface area (Å²) in [5.41, 5.74) is 4.44. The molecule has 1 fully saturated rings. The third-order valence-corrected chi connectivity index (χ3v) is 6.46. The summed E-state index contributed by atoms with van der Waals surface area (Å²) < 4.78 is 6.08. The topological polar surface area (TPSA) is 41.6 Å². The quantitative estimate of drug-likeness (QED) is 0.345. The highest BCUT2D eigenvalue weighted by molar-refractivity contribution is 6.35. The van der Waals surface area contributed by atoms with E-state index in [1.807, 2.05) is 42.2 Å². The molecule has 6 heteroatoms. The van der Waals surface area contributed by atoms with E-state index in [0.29, 0.717) is 22.3 Å². The number of rotatable bonds is 8. The molecule has 0 bridgehead atoms. The maximum absolute atomic E-state index is 13.2. The first kappa shape index (κ1) is 22.7. The second-order valence-corrected chi connectivity index (χ2v) is 8.89. The highest BCUT2D eigenvalue weighted by Gasteiger charge is 2.50. The Morgan fingerprint density at radius 2 is 1.78 bits per heavy atom. The lowest BCUT2D eigenvalue weighted by Crippen LogP contribution is -2.70. The van der Waals surface area contributed by atoms with Gasteiger partial charge in [0.15, 0.2) is 6.10 Å². The fraction of sp³-hybridized carbons (Fsp3) is 0.269. The summed E-state index contributed by atoms with van der Waals surface area (Å²) in [6, 6.07) is 21.3. The van der Waals surface area contributed by atoms with Crippen molar-refractivity contribution < 1.29 is 9.53 Å². The van der Waals surface area contributed by atoms with Gasteiger partial charge < -0.3 is 15.0 Å². The first-order chi connectivity index (χ1) is 15.5. The van der Waals surface area contributed by atoms with Crippen LogP contribution in [0.4, 0.5) is 5.69 Å². The average Bonchev–Trinajstić information content (AvgIpc) is 2.78. The number of benzene rings is 3. The van der Waals surface area contributed by atoms with E-state index >= 15 is 0 Å². The Kier molecular flexibility index (Phi) is 7.04. The van der Waals surface area contributed by atoms with Crippen LogP contribution in [0, 0.1) is 13.8 Å². The average molecular weight is 469 g/mol. The number of ether oxygens (including phenoxy) is 1. The zero-order chi connectivity index (χ0) is 22.7. The Hall–Kier alpha value is -2.53. The third-order valence-electron chi connectivity index (χ3n) is 5.93. The number of nitrogens with one attached hydrogen (secondary N) is 1. The molecule has 0 aliphatic carbocycles. The SMILES string of the molecule is Cc1cccc(N2C(=O)[C@@H](Oc3ccc(Cl)cc3Cl)[C@H]2CNCCc2ccccc2)c1C. The summed E-state index contributed by atoms with van der Waals surface area (Å²) in [6.07, 6.45) is 0.303. The smallest absolute Gasteiger partial charge is 0.270 e. The molecule has 4 rings (SSSR count). The molecule has 4 nitrogen and oxygen atoms in total. The minimum absolute atomic E-state index is 0.0698. The molecule has 0 unspecified atom stereocenters. The molecule has 166 valence electrons. The number of halogens is 2. The molecule has 1 heterocycles. The van der Waals surface area contributed by atoms with Crippen molar-refractivity contribution in [3.8, 4) is 5.75 Å². The van der Waals surface area contributed by atoms with Crippen molar-refractivity contribution in [1.29, 1.82) is 0 Å². The van der Waals surface area contributed by atoms with Crippen LogP contribution in [0.2, 0.25) is 10.0 Å². The van der Waals surface area contributed by atoms with Crippen LogP contribution in [0.3, 0.4) is 0 Å². The van der Waals surface area contributed by atoms with Crippen molar-refractivity contribution >= 4 is 34.8 Å². The number of aryl methyl sites for hydroxylation is 1. The molecular formula is C26H26Cl2N2O2. The molecule has 1 aliphatic rings. The predicted octanol–water partition coefficient (Wildman–Crippen LogP) is 5.61. The Bertz CT molecular complexity index is 1100. The molecule has 0 aromatic heterocycles. The van der Waals surface area contributed by atoms with E-state index in [2.05, 4.69) is 30.4 Å². The normalized spacial score (nSPS) is 17.9. The third kappa shape index (κ3) is 4.78. The van der Waals surface area contributed by atoms with Crippen LogP contribution in [0.5, 0.6) is 5.75 Å². The molecule has 2 atom stereocenters. The van der Waals surface area contributed by atoms with E-state index in [9.17, 15) is 4.79 Å². The van der Waals surface area contributed by atoms with Gasteiger partial charge >= 0.3 is 0 Å².